The number of aromatic nitrogens is 2. The fraction of sp³-hybridized carbons (Fsp3) is 0.409. The summed E-state index contributed by atoms with van der Waals surface area (Å²) >= 11 is 1.23. The highest BCUT2D eigenvalue weighted by atomic mass is 32.2. The Morgan fingerprint density at radius 2 is 1.81 bits per heavy atom. The van der Waals surface area contributed by atoms with Gasteiger partial charge in [-0.1, -0.05) is 26.0 Å². The third-order valence-corrected chi connectivity index (χ3v) is 8.13. The summed E-state index contributed by atoms with van der Waals surface area (Å²) in [5, 5.41) is 7.87. The molecule has 1 amide bonds. The van der Waals surface area contributed by atoms with E-state index >= 15 is 0 Å². The van der Waals surface area contributed by atoms with Crippen molar-refractivity contribution >= 4 is 33.0 Å². The highest BCUT2D eigenvalue weighted by Crippen LogP contribution is 2.34. The minimum absolute atomic E-state index is 0.0688. The molecule has 4 rings (SSSR count). The number of rotatable bonds is 6. The Balaban J connectivity index is 1.53. The lowest BCUT2D eigenvalue weighted by atomic mass is 10.0. The zero-order valence-electron chi connectivity index (χ0n) is 18.3. The first kappa shape index (κ1) is 22.5. The minimum atomic E-state index is -3.80. The van der Waals surface area contributed by atoms with E-state index in [9.17, 15) is 13.2 Å². The van der Waals surface area contributed by atoms with Gasteiger partial charge in [0, 0.05) is 23.7 Å². The van der Waals surface area contributed by atoms with Crippen LogP contribution >= 0.6 is 11.3 Å². The van der Waals surface area contributed by atoms with Crippen LogP contribution in [0.3, 0.4) is 0 Å². The summed E-state index contributed by atoms with van der Waals surface area (Å²) in [5.41, 5.74) is 1.63. The van der Waals surface area contributed by atoms with Crippen molar-refractivity contribution in [3.05, 3.63) is 46.7 Å². The number of piperidine rings is 1. The average Bonchev–Trinajstić information content (AvgIpc) is 3.41. The molecular weight excluding hydrogens is 448 g/mol. The Morgan fingerprint density at radius 1 is 1.12 bits per heavy atom. The second kappa shape index (κ2) is 9.03. The van der Waals surface area contributed by atoms with Crippen LogP contribution in [-0.2, 0) is 10.0 Å². The second-order valence-corrected chi connectivity index (χ2v) is 11.1. The van der Waals surface area contributed by atoms with E-state index in [0.717, 1.165) is 24.8 Å². The van der Waals surface area contributed by atoms with E-state index < -0.39 is 10.0 Å². The molecule has 170 valence electrons. The molecule has 0 saturated carbocycles. The van der Waals surface area contributed by atoms with Crippen molar-refractivity contribution in [2.75, 3.05) is 17.8 Å². The number of aryl methyl sites for hydroxylation is 1. The van der Waals surface area contributed by atoms with Crippen molar-refractivity contribution in [2.24, 2.45) is 0 Å². The zero-order valence-corrected chi connectivity index (χ0v) is 19.9. The van der Waals surface area contributed by atoms with Crippen LogP contribution in [0.4, 0.5) is 5.69 Å². The molecular formula is C22H26N4O4S2. The normalized spacial score (nSPS) is 14.7. The Morgan fingerprint density at radius 3 is 2.47 bits per heavy atom. The van der Waals surface area contributed by atoms with E-state index in [4.69, 9.17) is 4.42 Å². The van der Waals surface area contributed by atoms with Gasteiger partial charge in [-0.05, 0) is 55.9 Å². The van der Waals surface area contributed by atoms with Gasteiger partial charge in [0.25, 0.3) is 15.9 Å². The van der Waals surface area contributed by atoms with Gasteiger partial charge < -0.3 is 9.32 Å². The molecule has 1 aromatic carbocycles. The number of nitrogens with zero attached hydrogens (tertiary/aromatic N) is 3. The zero-order chi connectivity index (χ0) is 22.9. The number of carbonyl (C=O) groups is 1. The van der Waals surface area contributed by atoms with Crippen molar-refractivity contribution in [3.8, 4) is 10.8 Å². The summed E-state index contributed by atoms with van der Waals surface area (Å²) in [6, 6.07) is 8.84. The van der Waals surface area contributed by atoms with Gasteiger partial charge in [-0.25, -0.2) is 8.42 Å². The largest absolute Gasteiger partial charge is 0.411 e. The lowest BCUT2D eigenvalue weighted by Crippen LogP contribution is -2.35. The van der Waals surface area contributed by atoms with E-state index in [1.165, 1.54) is 17.4 Å². The van der Waals surface area contributed by atoms with Crippen LogP contribution in [0.1, 0.15) is 60.2 Å². The third kappa shape index (κ3) is 4.71. The predicted molar refractivity (Wildman–Crippen MR) is 123 cm³/mol. The first-order chi connectivity index (χ1) is 15.2. The number of hydrogen-bond acceptors (Lipinski definition) is 7. The number of hydrogen-bond donors (Lipinski definition) is 1. The summed E-state index contributed by atoms with van der Waals surface area (Å²) in [5.74, 6) is 0.154. The van der Waals surface area contributed by atoms with Crippen LogP contribution in [0.2, 0.25) is 0 Å². The molecule has 32 heavy (non-hydrogen) atoms. The number of benzene rings is 1. The SMILES string of the molecule is Cc1sc(-c2nnc(C(=O)N3CCCCC3)o2)cc1S(=O)(=O)Nc1ccc(C(C)C)cc1. The summed E-state index contributed by atoms with van der Waals surface area (Å²) in [7, 11) is -3.80. The Kier molecular flexibility index (Phi) is 6.34. The van der Waals surface area contributed by atoms with Crippen LogP contribution < -0.4 is 4.72 Å². The van der Waals surface area contributed by atoms with E-state index in [0.29, 0.717) is 34.4 Å². The third-order valence-electron chi connectivity index (χ3n) is 5.45. The summed E-state index contributed by atoms with van der Waals surface area (Å²) in [6.45, 7) is 7.25. The Labute approximate surface area is 191 Å². The molecule has 0 bridgehead atoms. The van der Waals surface area contributed by atoms with Crippen LogP contribution in [0.15, 0.2) is 39.6 Å². The number of thiophene rings is 1. The first-order valence-electron chi connectivity index (χ1n) is 10.6. The van der Waals surface area contributed by atoms with Crippen LogP contribution in [0.25, 0.3) is 10.8 Å². The number of sulfonamides is 1. The maximum atomic E-state index is 13.0. The molecule has 0 radical (unpaired) electrons. The number of carbonyl (C=O) groups excluding carboxylic acids is 1. The van der Waals surface area contributed by atoms with Gasteiger partial charge in [0.05, 0.1) is 4.88 Å². The molecule has 1 saturated heterocycles. The van der Waals surface area contributed by atoms with Gasteiger partial charge in [0.2, 0.25) is 0 Å². The van der Waals surface area contributed by atoms with E-state index in [-0.39, 0.29) is 22.6 Å². The van der Waals surface area contributed by atoms with Crippen molar-refractivity contribution in [1.82, 2.24) is 15.1 Å². The highest BCUT2D eigenvalue weighted by Gasteiger charge is 2.26. The Bertz CT molecular complexity index is 1210. The van der Waals surface area contributed by atoms with Gasteiger partial charge in [-0.15, -0.1) is 21.5 Å². The van der Waals surface area contributed by atoms with Gasteiger partial charge in [0.15, 0.2) is 0 Å². The molecule has 1 aliphatic rings. The molecule has 0 atom stereocenters. The van der Waals surface area contributed by atoms with Gasteiger partial charge in [-0.2, -0.15) is 0 Å². The predicted octanol–water partition coefficient (Wildman–Crippen LogP) is 4.66. The summed E-state index contributed by atoms with van der Waals surface area (Å²) in [4.78, 5) is 15.5. The lowest BCUT2D eigenvalue weighted by Gasteiger charge is -2.24. The van der Waals surface area contributed by atoms with Crippen LogP contribution in [-0.4, -0.2) is 42.5 Å². The lowest BCUT2D eigenvalue weighted by molar-refractivity contribution is 0.0684. The van der Waals surface area contributed by atoms with Gasteiger partial charge >= 0.3 is 11.8 Å². The molecule has 1 aliphatic heterocycles. The standard InChI is InChI=1S/C22H26N4O4S2/c1-14(2)16-7-9-17(10-8-16)25-32(28,29)19-13-18(31-15(19)3)20-23-24-21(30-20)22(27)26-11-5-4-6-12-26/h7-10,13-14,25H,4-6,11-12H2,1-3H3. The monoisotopic (exact) mass is 474 g/mol. The van der Waals surface area contributed by atoms with Crippen molar-refractivity contribution in [1.29, 1.82) is 0 Å². The molecule has 0 spiro atoms. The van der Waals surface area contributed by atoms with Crippen molar-refractivity contribution < 1.29 is 17.6 Å². The Hall–Kier alpha value is -2.72. The van der Waals surface area contributed by atoms with Crippen molar-refractivity contribution in [2.45, 2.75) is 50.8 Å². The summed E-state index contributed by atoms with van der Waals surface area (Å²) < 4.78 is 34.2. The van der Waals surface area contributed by atoms with Gasteiger partial charge in [0.1, 0.15) is 4.90 Å². The topological polar surface area (TPSA) is 105 Å². The number of nitrogens with one attached hydrogen (secondary N) is 1. The molecule has 3 heterocycles. The van der Waals surface area contributed by atoms with E-state index in [1.54, 1.807) is 24.0 Å². The number of amides is 1. The smallest absolute Gasteiger partial charge is 0.311 e. The fourth-order valence-electron chi connectivity index (χ4n) is 3.63. The van der Waals surface area contributed by atoms with Crippen LogP contribution in [0, 0.1) is 6.92 Å². The molecule has 10 heteroatoms. The molecule has 8 nitrogen and oxygen atoms in total. The van der Waals surface area contributed by atoms with Crippen molar-refractivity contribution in [3.63, 3.8) is 0 Å². The average molecular weight is 475 g/mol. The highest BCUT2D eigenvalue weighted by molar-refractivity contribution is 7.93. The first-order valence-corrected chi connectivity index (χ1v) is 12.9. The molecule has 0 aliphatic carbocycles. The molecule has 3 aromatic rings. The van der Waals surface area contributed by atoms with E-state index in [2.05, 4.69) is 28.8 Å². The summed E-state index contributed by atoms with van der Waals surface area (Å²) in [6.07, 6.45) is 3.04. The fourth-order valence-corrected chi connectivity index (χ4v) is 6.20. The molecule has 2 aromatic heterocycles. The maximum Gasteiger partial charge on any atom is 0.311 e. The molecule has 0 unspecified atom stereocenters. The van der Waals surface area contributed by atoms with Gasteiger partial charge in [-0.3, -0.25) is 9.52 Å². The maximum absolute atomic E-state index is 13.0. The second-order valence-electron chi connectivity index (χ2n) is 8.18. The molecule has 1 fully saturated rings. The van der Waals surface area contributed by atoms with Crippen LogP contribution in [0.5, 0.6) is 0 Å². The number of likely N-dealkylation sites (tertiary alicyclic amines) is 1. The minimum Gasteiger partial charge on any atom is -0.411 e. The quantitative estimate of drug-likeness (QED) is 0.557. The molecule has 1 N–H and O–H groups in total. The van der Waals surface area contributed by atoms with E-state index in [1.807, 2.05) is 12.1 Å². The number of anilines is 1.